The molecule has 35 heavy (non-hydrogen) atoms. The van der Waals surface area contributed by atoms with Crippen LogP contribution in [0.5, 0.6) is 0 Å². The van der Waals surface area contributed by atoms with Crippen molar-refractivity contribution < 1.29 is 107 Å². The minimum atomic E-state index is -7.79. The van der Waals surface area contributed by atoms with Crippen LogP contribution in [0.25, 0.3) is 0 Å². The maximum absolute atomic E-state index is 13.2. The van der Waals surface area contributed by atoms with Crippen LogP contribution in [0, 0.1) is 0 Å². The average molecular weight is 576 g/mol. The molecular formula is C11F20O4. The predicted molar refractivity (Wildman–Crippen MR) is 58.9 cm³/mol. The Morgan fingerprint density at radius 2 is 0.543 bits per heavy atom. The molecule has 0 aliphatic heterocycles. The molecular weight excluding hydrogens is 576 g/mol. The summed E-state index contributed by atoms with van der Waals surface area (Å²) < 4.78 is 254. The fraction of sp³-hybridized carbons (Fsp3) is 0.818. The van der Waals surface area contributed by atoms with Crippen LogP contribution >= 0.6 is 0 Å². The lowest BCUT2D eigenvalue weighted by Gasteiger charge is -2.33. The molecule has 0 radical (unpaired) electrons. The molecule has 0 aromatic rings. The van der Waals surface area contributed by atoms with E-state index in [4.69, 9.17) is 0 Å². The number of ether oxygens (including phenoxy) is 2. The quantitative estimate of drug-likeness (QED) is 0.281. The molecule has 0 bridgehead atoms. The summed E-state index contributed by atoms with van der Waals surface area (Å²) in [7, 11) is 0. The third-order valence-corrected chi connectivity index (χ3v) is 3.21. The van der Waals surface area contributed by atoms with Crippen molar-refractivity contribution in [2.24, 2.45) is 0 Å². The van der Waals surface area contributed by atoms with Crippen LogP contribution in [0.4, 0.5) is 87.8 Å². The van der Waals surface area contributed by atoms with Crippen LogP contribution in [0.1, 0.15) is 0 Å². The molecule has 0 heterocycles. The number of Topliss-reactive ketones (excluding diaryl/α,β-unsaturated/α-hetero) is 2. The molecule has 0 unspecified atom stereocenters. The topological polar surface area (TPSA) is 52.6 Å². The number of halogens is 20. The van der Waals surface area contributed by atoms with Gasteiger partial charge in [0.2, 0.25) is 0 Å². The summed E-state index contributed by atoms with van der Waals surface area (Å²) in [6.07, 6.45) is -53.6. The second kappa shape index (κ2) is 8.47. The van der Waals surface area contributed by atoms with Gasteiger partial charge in [-0.3, -0.25) is 9.59 Å². The van der Waals surface area contributed by atoms with E-state index < -0.39 is 66.1 Å². The Hall–Kier alpha value is -2.14. The number of ketones is 2. The van der Waals surface area contributed by atoms with Gasteiger partial charge in [-0.05, 0) is 0 Å². The Morgan fingerprint density at radius 3 is 0.686 bits per heavy atom. The normalized spacial score (nSPS) is 15.9. The van der Waals surface area contributed by atoms with Gasteiger partial charge in [0, 0.05) is 0 Å². The van der Waals surface area contributed by atoms with Gasteiger partial charge < -0.3 is 0 Å². The Labute approximate surface area is 174 Å². The molecule has 0 saturated heterocycles. The molecule has 208 valence electrons. The van der Waals surface area contributed by atoms with Gasteiger partial charge in [0.05, 0.1) is 0 Å². The summed E-state index contributed by atoms with van der Waals surface area (Å²) in [4.78, 5) is 21.4. The van der Waals surface area contributed by atoms with Gasteiger partial charge in [-0.25, -0.2) is 18.3 Å². The van der Waals surface area contributed by atoms with Gasteiger partial charge in [0.15, 0.2) is 0 Å². The molecule has 0 rings (SSSR count). The Bertz CT molecular complexity index is 719. The molecule has 0 aromatic carbocycles. The predicted octanol–water partition coefficient (Wildman–Crippen LogP) is 5.56. The Morgan fingerprint density at radius 1 is 0.371 bits per heavy atom. The van der Waals surface area contributed by atoms with E-state index in [9.17, 15) is 97.4 Å². The first kappa shape index (κ1) is 32.9. The van der Waals surface area contributed by atoms with Crippen molar-refractivity contribution >= 4 is 11.6 Å². The first-order chi connectivity index (χ1) is 14.7. The van der Waals surface area contributed by atoms with E-state index in [1.807, 2.05) is 0 Å². The van der Waals surface area contributed by atoms with E-state index in [1.165, 1.54) is 9.47 Å². The molecule has 24 heteroatoms. The van der Waals surface area contributed by atoms with Crippen LogP contribution in [-0.4, -0.2) is 66.1 Å². The largest absolute Gasteiger partial charge is 0.495 e. The van der Waals surface area contributed by atoms with E-state index in [-0.39, 0.29) is 0 Å². The number of hydrogen-bond donors (Lipinski definition) is 0. The molecule has 0 N–H and O–H groups in total. The number of hydrogen-bond acceptors (Lipinski definition) is 4. The van der Waals surface area contributed by atoms with E-state index >= 15 is 0 Å². The first-order valence-corrected chi connectivity index (χ1v) is 7.00. The summed E-state index contributed by atoms with van der Waals surface area (Å²) in [5.74, 6) is -10.8. The van der Waals surface area contributed by atoms with Crippen LogP contribution in [0.3, 0.4) is 0 Å². The van der Waals surface area contributed by atoms with Crippen LogP contribution in [0.15, 0.2) is 0 Å². The molecule has 0 aliphatic rings. The number of carbonyl (C=O) groups excluding carboxylic acids is 2. The molecule has 0 fully saturated rings. The highest BCUT2D eigenvalue weighted by molar-refractivity contribution is 5.94. The van der Waals surface area contributed by atoms with Crippen molar-refractivity contribution in [2.75, 3.05) is 0 Å². The van der Waals surface area contributed by atoms with E-state index in [0.717, 1.165) is 0 Å². The number of carbonyl (C=O) groups is 2. The van der Waals surface area contributed by atoms with Crippen molar-refractivity contribution in [3.05, 3.63) is 0 Å². The third kappa shape index (κ3) is 5.82. The van der Waals surface area contributed by atoms with Crippen LogP contribution in [0.2, 0.25) is 0 Å². The minimum Gasteiger partial charge on any atom is -0.285 e. The van der Waals surface area contributed by atoms with E-state index in [1.54, 1.807) is 0 Å². The standard InChI is InChI=1S/C11F20O4/c12-3(7(18,19)20,8(21,22)23)1(32)5(14,15)34-11(30,31)35-6(16,17)2(33)4(13,9(24,25)26)10(27,28)29. The maximum atomic E-state index is 13.2. The van der Waals surface area contributed by atoms with Gasteiger partial charge in [0.25, 0.3) is 11.6 Å². The maximum Gasteiger partial charge on any atom is 0.495 e. The zero-order chi connectivity index (χ0) is 29.1. The van der Waals surface area contributed by atoms with Crippen molar-refractivity contribution in [3.63, 3.8) is 0 Å². The van der Waals surface area contributed by atoms with Gasteiger partial charge in [-0.15, -0.1) is 8.78 Å². The lowest BCUT2D eigenvalue weighted by molar-refractivity contribution is -0.500. The summed E-state index contributed by atoms with van der Waals surface area (Å²) in [5, 5.41) is 0. The highest BCUT2D eigenvalue weighted by atomic mass is 19.4. The Kier molecular flexibility index (Phi) is 7.95. The van der Waals surface area contributed by atoms with Crippen LogP contribution in [-0.2, 0) is 19.1 Å². The SMILES string of the molecule is O=C(C(F)(F)OC(F)(F)OC(F)(F)C(=O)C(F)(C(F)(F)F)C(F)(F)F)C(F)(C(F)(F)F)C(F)(F)F. The fourth-order valence-electron chi connectivity index (χ4n) is 1.65. The molecule has 0 aromatic heterocycles. The van der Waals surface area contributed by atoms with E-state index in [2.05, 4.69) is 0 Å². The lowest BCUT2D eigenvalue weighted by Crippen LogP contribution is -2.66. The lowest BCUT2D eigenvalue weighted by atomic mass is 9.98. The molecule has 4 nitrogen and oxygen atoms in total. The zero-order valence-electron chi connectivity index (χ0n) is 14.7. The zero-order valence-corrected chi connectivity index (χ0v) is 14.7. The molecule has 0 saturated carbocycles. The Balaban J connectivity index is 6.33. The second-order valence-corrected chi connectivity index (χ2v) is 5.67. The highest BCUT2D eigenvalue weighted by Crippen LogP contribution is 2.52. The minimum absolute atomic E-state index is 1.40. The van der Waals surface area contributed by atoms with Gasteiger partial charge in [0.1, 0.15) is 0 Å². The van der Waals surface area contributed by atoms with E-state index in [0.29, 0.717) is 0 Å². The third-order valence-electron chi connectivity index (χ3n) is 3.21. The van der Waals surface area contributed by atoms with Gasteiger partial charge >= 0.3 is 54.6 Å². The molecule has 0 spiro atoms. The number of alkyl halides is 20. The fourth-order valence-corrected chi connectivity index (χ4v) is 1.65. The summed E-state index contributed by atoms with van der Waals surface area (Å²) in [6, 6.07) is 0. The summed E-state index contributed by atoms with van der Waals surface area (Å²) in [6.45, 7) is 0. The van der Waals surface area contributed by atoms with Gasteiger partial charge in [-0.2, -0.15) is 70.2 Å². The smallest absolute Gasteiger partial charge is 0.285 e. The van der Waals surface area contributed by atoms with Crippen molar-refractivity contribution in [2.45, 2.75) is 54.6 Å². The summed E-state index contributed by atoms with van der Waals surface area (Å²) >= 11 is 0. The monoisotopic (exact) mass is 576 g/mol. The highest BCUT2D eigenvalue weighted by Gasteiger charge is 2.84. The van der Waals surface area contributed by atoms with Crippen LogP contribution < -0.4 is 0 Å². The van der Waals surface area contributed by atoms with Crippen molar-refractivity contribution in [3.8, 4) is 0 Å². The van der Waals surface area contributed by atoms with Crippen molar-refractivity contribution in [1.82, 2.24) is 0 Å². The van der Waals surface area contributed by atoms with Gasteiger partial charge in [-0.1, -0.05) is 0 Å². The molecule has 0 atom stereocenters. The summed E-state index contributed by atoms with van der Waals surface area (Å²) in [5.41, 5.74) is -15.6. The number of rotatable bonds is 8. The molecule has 0 aliphatic carbocycles. The second-order valence-electron chi connectivity index (χ2n) is 5.67. The first-order valence-electron chi connectivity index (χ1n) is 7.00. The van der Waals surface area contributed by atoms with Crippen molar-refractivity contribution in [1.29, 1.82) is 0 Å². The average Bonchev–Trinajstić information content (AvgIpc) is 2.52. The molecule has 0 amide bonds.